The van der Waals surface area contributed by atoms with Gasteiger partial charge >= 0.3 is 0 Å². The molecule has 1 unspecified atom stereocenters. The van der Waals surface area contributed by atoms with Gasteiger partial charge in [0.1, 0.15) is 11.4 Å². The van der Waals surface area contributed by atoms with Crippen LogP contribution in [0.1, 0.15) is 17.5 Å². The van der Waals surface area contributed by atoms with Crippen molar-refractivity contribution in [1.82, 2.24) is 5.32 Å². The Morgan fingerprint density at radius 3 is 2.29 bits per heavy atom. The van der Waals surface area contributed by atoms with Crippen molar-refractivity contribution in [1.29, 1.82) is 0 Å². The second-order valence-corrected chi connectivity index (χ2v) is 5.09. The Bertz CT molecular complexity index is 549. The Morgan fingerprint density at radius 1 is 0.905 bits per heavy atom. The molecular formula is C17H20ClNO2. The first kappa shape index (κ1) is 15.8. The summed E-state index contributed by atoms with van der Waals surface area (Å²) in [6.07, 6.45) is 0.877. The zero-order chi connectivity index (χ0) is 13.8. The van der Waals surface area contributed by atoms with Crippen molar-refractivity contribution in [3.63, 3.8) is 0 Å². The van der Waals surface area contributed by atoms with Crippen LogP contribution < -0.4 is 5.32 Å². The largest absolute Gasteiger partial charge is 0.508 e. The number of ether oxygens (including phenoxy) is 1. The highest BCUT2D eigenvalue weighted by molar-refractivity contribution is 5.85. The lowest BCUT2D eigenvalue weighted by atomic mass is 9.83. The normalized spacial score (nSPS) is 22.1. The minimum absolute atomic E-state index is 0. The van der Waals surface area contributed by atoms with E-state index in [0.29, 0.717) is 6.61 Å². The van der Waals surface area contributed by atoms with E-state index in [1.54, 1.807) is 12.1 Å². The first-order valence-corrected chi connectivity index (χ1v) is 7.01. The Kier molecular flexibility index (Phi) is 5.23. The lowest BCUT2D eigenvalue weighted by Crippen LogP contribution is -2.32. The summed E-state index contributed by atoms with van der Waals surface area (Å²) in [4.78, 5) is 0. The summed E-state index contributed by atoms with van der Waals surface area (Å²) in [6, 6.07) is 17.7. The van der Waals surface area contributed by atoms with Crippen molar-refractivity contribution in [2.45, 2.75) is 12.0 Å². The summed E-state index contributed by atoms with van der Waals surface area (Å²) in [6.45, 7) is 2.46. The van der Waals surface area contributed by atoms with Crippen molar-refractivity contribution in [3.05, 3.63) is 65.7 Å². The zero-order valence-corrected chi connectivity index (χ0v) is 12.6. The van der Waals surface area contributed by atoms with Crippen LogP contribution in [0.25, 0.3) is 0 Å². The highest BCUT2D eigenvalue weighted by atomic mass is 35.5. The number of aromatic hydroxyl groups is 1. The maximum Gasteiger partial charge on any atom is 0.119 e. The Hall–Kier alpha value is -1.55. The Labute approximate surface area is 131 Å². The zero-order valence-electron chi connectivity index (χ0n) is 11.8. The van der Waals surface area contributed by atoms with E-state index in [1.165, 1.54) is 0 Å². The molecule has 4 heteroatoms. The van der Waals surface area contributed by atoms with Crippen molar-refractivity contribution in [2.24, 2.45) is 0 Å². The van der Waals surface area contributed by atoms with Crippen molar-refractivity contribution < 1.29 is 9.84 Å². The second kappa shape index (κ2) is 6.94. The Morgan fingerprint density at radius 2 is 1.57 bits per heavy atom. The summed E-state index contributed by atoms with van der Waals surface area (Å²) >= 11 is 0. The summed E-state index contributed by atoms with van der Waals surface area (Å²) in [5.74, 6) is 0.281. The molecule has 1 atom stereocenters. The van der Waals surface area contributed by atoms with Gasteiger partial charge in [0.05, 0.1) is 6.61 Å². The fraction of sp³-hybridized carbons (Fsp3) is 0.294. The topological polar surface area (TPSA) is 41.5 Å². The molecule has 0 saturated carbocycles. The molecule has 3 rings (SSSR count). The van der Waals surface area contributed by atoms with E-state index in [1.807, 2.05) is 30.3 Å². The van der Waals surface area contributed by atoms with Crippen molar-refractivity contribution >= 4 is 12.4 Å². The van der Waals surface area contributed by atoms with Crippen LogP contribution in [0.2, 0.25) is 0 Å². The first-order chi connectivity index (χ1) is 9.81. The molecule has 0 spiro atoms. The van der Waals surface area contributed by atoms with Gasteiger partial charge in [0.15, 0.2) is 0 Å². The number of phenolic OH excluding ortho intramolecular Hbond substituents is 1. The van der Waals surface area contributed by atoms with Crippen molar-refractivity contribution in [2.75, 3.05) is 19.7 Å². The molecule has 0 aliphatic carbocycles. The van der Waals surface area contributed by atoms with Gasteiger partial charge in [-0.05, 0) is 36.2 Å². The van der Waals surface area contributed by atoms with Crippen LogP contribution in [0, 0.1) is 0 Å². The van der Waals surface area contributed by atoms with Gasteiger partial charge in [-0.25, -0.2) is 0 Å². The van der Waals surface area contributed by atoms with Crippen LogP contribution in [-0.2, 0) is 10.3 Å². The molecule has 1 heterocycles. The maximum absolute atomic E-state index is 9.51. The smallest absolute Gasteiger partial charge is 0.119 e. The predicted octanol–water partition coefficient (Wildman–Crippen LogP) is 3.07. The van der Waals surface area contributed by atoms with Gasteiger partial charge in [0.25, 0.3) is 0 Å². The minimum atomic E-state index is -0.432. The average Bonchev–Trinajstić information content (AvgIpc) is 2.76. The van der Waals surface area contributed by atoms with Gasteiger partial charge in [0.2, 0.25) is 0 Å². The molecule has 1 aliphatic heterocycles. The van der Waals surface area contributed by atoms with Crippen LogP contribution in [0.3, 0.4) is 0 Å². The molecular weight excluding hydrogens is 286 g/mol. The third kappa shape index (κ3) is 3.21. The second-order valence-electron chi connectivity index (χ2n) is 5.09. The van der Waals surface area contributed by atoms with E-state index in [0.717, 1.165) is 30.6 Å². The fourth-order valence-electron chi connectivity index (χ4n) is 2.82. The molecule has 2 aromatic carbocycles. The quantitative estimate of drug-likeness (QED) is 0.896. The molecule has 1 aliphatic rings. The minimum Gasteiger partial charge on any atom is -0.508 e. The molecule has 3 nitrogen and oxygen atoms in total. The lowest BCUT2D eigenvalue weighted by Gasteiger charge is -2.33. The number of halogens is 1. The van der Waals surface area contributed by atoms with Crippen LogP contribution >= 0.6 is 12.4 Å². The molecule has 2 N–H and O–H groups in total. The monoisotopic (exact) mass is 305 g/mol. The standard InChI is InChI=1S/C17H19NO2.ClH/c19-16-8-6-15(7-9-16)17(10-11-18-12-13-20-17)14-4-2-1-3-5-14;/h1-9,18-19H,10-13H2;1H. The van der Waals surface area contributed by atoms with E-state index in [4.69, 9.17) is 4.74 Å². The SMILES string of the molecule is Cl.Oc1ccc(C2(c3ccccc3)CCNCCO2)cc1. The van der Waals surface area contributed by atoms with E-state index in [9.17, 15) is 5.11 Å². The highest BCUT2D eigenvalue weighted by Gasteiger charge is 2.36. The predicted molar refractivity (Wildman–Crippen MR) is 86.0 cm³/mol. The maximum atomic E-state index is 9.51. The molecule has 1 fully saturated rings. The lowest BCUT2D eigenvalue weighted by molar-refractivity contribution is -0.00935. The van der Waals surface area contributed by atoms with Gasteiger partial charge in [-0.2, -0.15) is 0 Å². The number of benzene rings is 2. The average molecular weight is 306 g/mol. The van der Waals surface area contributed by atoms with Gasteiger partial charge in [-0.1, -0.05) is 42.5 Å². The van der Waals surface area contributed by atoms with Crippen LogP contribution in [0.5, 0.6) is 5.75 Å². The van der Waals surface area contributed by atoms with Crippen molar-refractivity contribution in [3.8, 4) is 5.75 Å². The summed E-state index contributed by atoms with van der Waals surface area (Å²) in [5.41, 5.74) is 1.82. The number of hydrogen-bond donors (Lipinski definition) is 2. The Balaban J connectivity index is 0.00000161. The van der Waals surface area contributed by atoms with Crippen LogP contribution in [0.4, 0.5) is 0 Å². The molecule has 0 radical (unpaired) electrons. The molecule has 1 saturated heterocycles. The summed E-state index contributed by atoms with van der Waals surface area (Å²) in [5, 5.41) is 12.9. The molecule has 2 aromatic rings. The van der Waals surface area contributed by atoms with Gasteiger partial charge < -0.3 is 15.2 Å². The van der Waals surface area contributed by atoms with E-state index in [2.05, 4.69) is 17.4 Å². The molecule has 0 aromatic heterocycles. The van der Waals surface area contributed by atoms with Gasteiger partial charge in [-0.3, -0.25) is 0 Å². The van der Waals surface area contributed by atoms with E-state index < -0.39 is 5.60 Å². The highest BCUT2D eigenvalue weighted by Crippen LogP contribution is 2.38. The summed E-state index contributed by atoms with van der Waals surface area (Å²) < 4.78 is 6.26. The molecule has 0 bridgehead atoms. The van der Waals surface area contributed by atoms with E-state index in [-0.39, 0.29) is 18.2 Å². The van der Waals surface area contributed by atoms with Gasteiger partial charge in [-0.15, -0.1) is 12.4 Å². The molecule has 112 valence electrons. The number of phenols is 1. The number of nitrogens with one attached hydrogen (secondary N) is 1. The number of rotatable bonds is 2. The first-order valence-electron chi connectivity index (χ1n) is 7.01. The number of hydrogen-bond acceptors (Lipinski definition) is 3. The van der Waals surface area contributed by atoms with Crippen LogP contribution in [0.15, 0.2) is 54.6 Å². The third-order valence-corrected chi connectivity index (χ3v) is 3.85. The van der Waals surface area contributed by atoms with Crippen LogP contribution in [-0.4, -0.2) is 24.8 Å². The molecule has 21 heavy (non-hydrogen) atoms. The molecule has 0 amide bonds. The van der Waals surface area contributed by atoms with E-state index >= 15 is 0 Å². The summed E-state index contributed by atoms with van der Waals surface area (Å²) in [7, 11) is 0. The van der Waals surface area contributed by atoms with Gasteiger partial charge in [0, 0.05) is 6.54 Å². The third-order valence-electron chi connectivity index (χ3n) is 3.85. The fourth-order valence-corrected chi connectivity index (χ4v) is 2.82.